The van der Waals surface area contributed by atoms with Gasteiger partial charge in [-0.25, -0.2) is 4.79 Å². The fraction of sp³-hybridized carbons (Fsp3) is 0.133. The number of carbonyl (C=O) groups is 2. The first kappa shape index (κ1) is 14.5. The molecule has 0 aliphatic carbocycles. The molecule has 0 aliphatic heterocycles. The number of nitrogens with two attached hydrogens (primary N) is 2. The fourth-order valence-corrected chi connectivity index (χ4v) is 1.75. The Hall–Kier alpha value is -2.89. The Morgan fingerprint density at radius 3 is 2.52 bits per heavy atom. The maximum atomic E-state index is 12.0. The first-order valence-electron chi connectivity index (χ1n) is 6.25. The number of hydrogen-bond acceptors (Lipinski definition) is 5. The molecule has 21 heavy (non-hydrogen) atoms. The van der Waals surface area contributed by atoms with Gasteiger partial charge in [0.15, 0.2) is 0 Å². The number of rotatable bonds is 4. The quantitative estimate of drug-likeness (QED) is 0.826. The van der Waals surface area contributed by atoms with Gasteiger partial charge in [0.1, 0.15) is 6.61 Å². The summed E-state index contributed by atoms with van der Waals surface area (Å²) in [6.07, 6.45) is 1.48. The van der Waals surface area contributed by atoms with Crippen molar-refractivity contribution in [2.24, 2.45) is 5.73 Å². The van der Waals surface area contributed by atoms with Crippen LogP contribution in [0.5, 0.6) is 0 Å². The van der Waals surface area contributed by atoms with E-state index in [9.17, 15) is 9.59 Å². The lowest BCUT2D eigenvalue weighted by Gasteiger charge is -2.07. The number of benzene rings is 1. The Kier molecular flexibility index (Phi) is 4.18. The minimum absolute atomic E-state index is 0.0894. The minimum Gasteiger partial charge on any atom is -0.457 e. The Bertz CT molecular complexity index is 681. The summed E-state index contributed by atoms with van der Waals surface area (Å²) in [6.45, 7) is 1.80. The number of aromatic nitrogens is 1. The minimum atomic E-state index is -0.500. The average molecular weight is 285 g/mol. The van der Waals surface area contributed by atoms with Crippen molar-refractivity contribution in [3.05, 3.63) is 58.9 Å². The maximum Gasteiger partial charge on any atom is 0.340 e. The summed E-state index contributed by atoms with van der Waals surface area (Å²) >= 11 is 0. The van der Waals surface area contributed by atoms with E-state index >= 15 is 0 Å². The largest absolute Gasteiger partial charge is 0.457 e. The number of amides is 1. The molecule has 0 saturated carbocycles. The van der Waals surface area contributed by atoms with Crippen LogP contribution in [0.3, 0.4) is 0 Å². The van der Waals surface area contributed by atoms with Gasteiger partial charge in [0.2, 0.25) is 5.91 Å². The molecule has 6 nitrogen and oxygen atoms in total. The Morgan fingerprint density at radius 1 is 1.24 bits per heavy atom. The van der Waals surface area contributed by atoms with Crippen LogP contribution in [0.2, 0.25) is 0 Å². The topological polar surface area (TPSA) is 108 Å². The number of pyridine rings is 1. The lowest BCUT2D eigenvalue weighted by atomic mass is 10.1. The fourth-order valence-electron chi connectivity index (χ4n) is 1.75. The zero-order chi connectivity index (χ0) is 15.4. The molecule has 1 aromatic heterocycles. The molecule has 108 valence electrons. The number of esters is 1. The number of primary amides is 1. The number of hydrogen-bond donors (Lipinski definition) is 2. The molecule has 1 amide bonds. The number of ether oxygens (including phenoxy) is 1. The molecule has 0 radical (unpaired) electrons. The summed E-state index contributed by atoms with van der Waals surface area (Å²) in [6, 6.07) is 8.05. The number of carbonyl (C=O) groups excluding carboxylic acids is 2. The number of aryl methyl sites for hydroxylation is 1. The monoisotopic (exact) mass is 285 g/mol. The van der Waals surface area contributed by atoms with Crippen molar-refractivity contribution in [3.63, 3.8) is 0 Å². The molecule has 0 aliphatic rings. The van der Waals surface area contributed by atoms with E-state index in [1.807, 2.05) is 0 Å². The van der Waals surface area contributed by atoms with Gasteiger partial charge in [-0.15, -0.1) is 0 Å². The van der Waals surface area contributed by atoms with Gasteiger partial charge >= 0.3 is 5.97 Å². The van der Waals surface area contributed by atoms with Crippen molar-refractivity contribution in [2.75, 3.05) is 5.73 Å². The average Bonchev–Trinajstić information content (AvgIpc) is 2.47. The van der Waals surface area contributed by atoms with Crippen molar-refractivity contribution in [1.82, 2.24) is 4.98 Å². The van der Waals surface area contributed by atoms with Crippen molar-refractivity contribution < 1.29 is 14.3 Å². The molecule has 6 heteroatoms. The number of anilines is 1. The van der Waals surface area contributed by atoms with Gasteiger partial charge in [0.05, 0.1) is 23.1 Å². The number of nitrogens with zero attached hydrogens (tertiary/aromatic N) is 1. The van der Waals surface area contributed by atoms with Crippen LogP contribution in [-0.2, 0) is 11.3 Å². The second-order valence-electron chi connectivity index (χ2n) is 4.54. The predicted octanol–water partition coefficient (Wildman–Crippen LogP) is 1.43. The lowest BCUT2D eigenvalue weighted by molar-refractivity contribution is 0.0471. The van der Waals surface area contributed by atoms with Crippen LogP contribution in [-0.4, -0.2) is 16.9 Å². The van der Waals surface area contributed by atoms with Gasteiger partial charge in [0, 0.05) is 5.56 Å². The number of nitrogen functional groups attached to an aromatic ring is 1. The highest BCUT2D eigenvalue weighted by Gasteiger charge is 2.12. The molecule has 0 spiro atoms. The van der Waals surface area contributed by atoms with Crippen LogP contribution in [0.25, 0.3) is 0 Å². The maximum absolute atomic E-state index is 12.0. The molecule has 0 atom stereocenters. The van der Waals surface area contributed by atoms with Crippen LogP contribution in [0.15, 0.2) is 36.5 Å². The molecule has 0 fully saturated rings. The Labute approximate surface area is 121 Å². The summed E-state index contributed by atoms with van der Waals surface area (Å²) in [5.74, 6) is -0.994. The first-order chi connectivity index (χ1) is 9.97. The summed E-state index contributed by atoms with van der Waals surface area (Å²) in [5, 5.41) is 0. The van der Waals surface area contributed by atoms with Gasteiger partial charge in [-0.1, -0.05) is 12.1 Å². The third-order valence-corrected chi connectivity index (χ3v) is 2.94. The summed E-state index contributed by atoms with van der Waals surface area (Å²) in [4.78, 5) is 26.9. The van der Waals surface area contributed by atoms with E-state index < -0.39 is 11.9 Å². The first-order valence-corrected chi connectivity index (χ1v) is 6.25. The highest BCUT2D eigenvalue weighted by molar-refractivity contribution is 5.93. The van der Waals surface area contributed by atoms with Crippen LogP contribution in [0.1, 0.15) is 32.0 Å². The van der Waals surface area contributed by atoms with Crippen LogP contribution >= 0.6 is 0 Å². The zero-order valence-corrected chi connectivity index (χ0v) is 11.5. The van der Waals surface area contributed by atoms with E-state index in [-0.39, 0.29) is 6.61 Å². The molecule has 2 rings (SSSR count). The predicted molar refractivity (Wildman–Crippen MR) is 77.5 cm³/mol. The summed E-state index contributed by atoms with van der Waals surface area (Å²) < 4.78 is 5.20. The molecule has 0 bridgehead atoms. The SMILES string of the molecule is Cc1ncc(N)cc1C(=O)OCc1ccc(C(N)=O)cc1. The van der Waals surface area contributed by atoms with Crippen molar-refractivity contribution >= 4 is 17.6 Å². The smallest absolute Gasteiger partial charge is 0.340 e. The van der Waals surface area contributed by atoms with E-state index in [0.29, 0.717) is 22.5 Å². The van der Waals surface area contributed by atoms with Crippen LogP contribution in [0, 0.1) is 6.92 Å². The van der Waals surface area contributed by atoms with Crippen molar-refractivity contribution in [2.45, 2.75) is 13.5 Å². The van der Waals surface area contributed by atoms with Crippen LogP contribution in [0.4, 0.5) is 5.69 Å². The highest BCUT2D eigenvalue weighted by atomic mass is 16.5. The van der Waals surface area contributed by atoms with Gasteiger partial charge in [-0.3, -0.25) is 9.78 Å². The third kappa shape index (κ3) is 3.56. The molecule has 4 N–H and O–H groups in total. The molecular formula is C15H15N3O3. The van der Waals surface area contributed by atoms with Gasteiger partial charge in [-0.05, 0) is 30.7 Å². The standard InChI is InChI=1S/C15H15N3O3/c1-9-13(6-12(16)7-18-9)15(20)21-8-10-2-4-11(5-3-10)14(17)19/h2-7H,8,16H2,1H3,(H2,17,19). The van der Waals surface area contributed by atoms with E-state index in [1.165, 1.54) is 12.3 Å². The van der Waals surface area contributed by atoms with Crippen molar-refractivity contribution in [1.29, 1.82) is 0 Å². The van der Waals surface area contributed by atoms with E-state index in [4.69, 9.17) is 16.2 Å². The molecule has 1 aromatic carbocycles. The Balaban J connectivity index is 2.04. The van der Waals surface area contributed by atoms with Gasteiger partial charge in [-0.2, -0.15) is 0 Å². The second-order valence-corrected chi connectivity index (χ2v) is 4.54. The van der Waals surface area contributed by atoms with E-state index in [0.717, 1.165) is 5.56 Å². The van der Waals surface area contributed by atoms with E-state index in [1.54, 1.807) is 31.2 Å². The summed E-state index contributed by atoms with van der Waals surface area (Å²) in [5.41, 5.74) is 13.2. The third-order valence-electron chi connectivity index (χ3n) is 2.94. The molecular weight excluding hydrogens is 270 g/mol. The zero-order valence-electron chi connectivity index (χ0n) is 11.5. The molecule has 0 saturated heterocycles. The normalized spacial score (nSPS) is 10.1. The van der Waals surface area contributed by atoms with Gasteiger partial charge < -0.3 is 16.2 Å². The Morgan fingerprint density at radius 2 is 1.90 bits per heavy atom. The molecule has 1 heterocycles. The van der Waals surface area contributed by atoms with Crippen LogP contribution < -0.4 is 11.5 Å². The summed E-state index contributed by atoms with van der Waals surface area (Å²) in [7, 11) is 0. The highest BCUT2D eigenvalue weighted by Crippen LogP contribution is 2.12. The molecule has 0 unspecified atom stereocenters. The molecule has 2 aromatic rings. The second kappa shape index (κ2) is 6.04. The lowest BCUT2D eigenvalue weighted by Crippen LogP contribution is -2.11. The van der Waals surface area contributed by atoms with Gasteiger partial charge in [0.25, 0.3) is 0 Å². The van der Waals surface area contributed by atoms with E-state index in [2.05, 4.69) is 4.98 Å². The van der Waals surface area contributed by atoms with Crippen molar-refractivity contribution in [3.8, 4) is 0 Å².